The van der Waals surface area contributed by atoms with E-state index in [1.54, 1.807) is 6.07 Å². The molecule has 0 unspecified atom stereocenters. The summed E-state index contributed by atoms with van der Waals surface area (Å²) in [4.78, 5) is 2.07. The maximum Gasteiger partial charge on any atom is 0.170 e. The number of nitrogens with two attached hydrogens (primary N) is 1. The van der Waals surface area contributed by atoms with E-state index in [1.165, 1.54) is 0 Å². The van der Waals surface area contributed by atoms with Gasteiger partial charge in [-0.15, -0.1) is 0 Å². The Labute approximate surface area is 124 Å². The van der Waals surface area contributed by atoms with E-state index in [0.29, 0.717) is 18.2 Å². The zero-order chi connectivity index (χ0) is 15.4. The third-order valence-electron chi connectivity index (χ3n) is 3.28. The zero-order valence-electron chi connectivity index (χ0n) is 12.6. The molecule has 1 aromatic heterocycles. The van der Waals surface area contributed by atoms with Crippen LogP contribution in [0.3, 0.4) is 0 Å². The summed E-state index contributed by atoms with van der Waals surface area (Å²) >= 11 is 0. The molecule has 0 bridgehead atoms. The molecule has 0 aliphatic rings. The SMILES string of the molecule is CC(C)n1ccc(CN(C)c2cccc(C(N)=NO)c2)n1. The number of aromatic nitrogens is 2. The Morgan fingerprint density at radius 2 is 2.19 bits per heavy atom. The second-order valence-corrected chi connectivity index (χ2v) is 5.27. The maximum absolute atomic E-state index is 8.74. The van der Waals surface area contributed by atoms with Crippen LogP contribution < -0.4 is 10.6 Å². The van der Waals surface area contributed by atoms with Crippen molar-refractivity contribution in [2.24, 2.45) is 10.9 Å². The number of rotatable bonds is 5. The van der Waals surface area contributed by atoms with Gasteiger partial charge in [-0.25, -0.2) is 0 Å². The van der Waals surface area contributed by atoms with Gasteiger partial charge in [-0.05, 0) is 32.0 Å². The maximum atomic E-state index is 8.74. The molecule has 0 radical (unpaired) electrons. The first-order chi connectivity index (χ1) is 10.0. The van der Waals surface area contributed by atoms with Crippen LogP contribution in [-0.2, 0) is 6.54 Å². The quantitative estimate of drug-likeness (QED) is 0.382. The minimum atomic E-state index is 0.106. The van der Waals surface area contributed by atoms with E-state index >= 15 is 0 Å². The molecule has 2 rings (SSSR count). The van der Waals surface area contributed by atoms with Crippen LogP contribution >= 0.6 is 0 Å². The smallest absolute Gasteiger partial charge is 0.170 e. The number of nitrogens with zero attached hydrogens (tertiary/aromatic N) is 4. The predicted molar refractivity (Wildman–Crippen MR) is 83.7 cm³/mol. The molecule has 2 aromatic rings. The first-order valence-electron chi connectivity index (χ1n) is 6.84. The van der Waals surface area contributed by atoms with E-state index in [2.05, 4.69) is 29.0 Å². The van der Waals surface area contributed by atoms with Gasteiger partial charge in [-0.2, -0.15) is 5.10 Å². The minimum Gasteiger partial charge on any atom is -0.409 e. The number of amidine groups is 1. The van der Waals surface area contributed by atoms with E-state index in [9.17, 15) is 0 Å². The molecule has 0 aliphatic carbocycles. The minimum absolute atomic E-state index is 0.106. The first-order valence-corrected chi connectivity index (χ1v) is 6.84. The highest BCUT2D eigenvalue weighted by Crippen LogP contribution is 2.17. The molecule has 0 amide bonds. The fourth-order valence-electron chi connectivity index (χ4n) is 2.04. The summed E-state index contributed by atoms with van der Waals surface area (Å²) in [6.45, 7) is 4.89. The standard InChI is InChI=1S/C15H21N5O/c1-11(2)20-8-7-13(17-20)10-19(3)14-6-4-5-12(9-14)15(16)18-21/h4-9,11,21H,10H2,1-3H3,(H2,16,18). The summed E-state index contributed by atoms with van der Waals surface area (Å²) < 4.78 is 1.94. The predicted octanol–water partition coefficient (Wildman–Crippen LogP) is 2.19. The van der Waals surface area contributed by atoms with Gasteiger partial charge in [-0.3, -0.25) is 4.68 Å². The highest BCUT2D eigenvalue weighted by Gasteiger charge is 2.08. The fraction of sp³-hybridized carbons (Fsp3) is 0.333. The Hall–Kier alpha value is -2.50. The van der Waals surface area contributed by atoms with Crippen molar-refractivity contribution in [1.82, 2.24) is 9.78 Å². The van der Waals surface area contributed by atoms with Gasteiger partial charge in [-0.1, -0.05) is 17.3 Å². The molecule has 0 saturated carbocycles. The molecule has 21 heavy (non-hydrogen) atoms. The van der Waals surface area contributed by atoms with Gasteiger partial charge in [0.15, 0.2) is 5.84 Å². The second-order valence-electron chi connectivity index (χ2n) is 5.27. The third kappa shape index (κ3) is 3.53. The van der Waals surface area contributed by atoms with Gasteiger partial charge in [0.05, 0.1) is 12.2 Å². The molecule has 1 aromatic carbocycles. The highest BCUT2D eigenvalue weighted by molar-refractivity contribution is 5.97. The van der Waals surface area contributed by atoms with Gasteiger partial charge in [0.1, 0.15) is 0 Å². The van der Waals surface area contributed by atoms with Crippen molar-refractivity contribution >= 4 is 11.5 Å². The normalized spacial score (nSPS) is 11.9. The number of hydrogen-bond acceptors (Lipinski definition) is 4. The number of hydrogen-bond donors (Lipinski definition) is 2. The van der Waals surface area contributed by atoms with Gasteiger partial charge >= 0.3 is 0 Å². The molecule has 6 nitrogen and oxygen atoms in total. The summed E-state index contributed by atoms with van der Waals surface area (Å²) in [5.74, 6) is 0.106. The molecule has 0 saturated heterocycles. The summed E-state index contributed by atoms with van der Waals surface area (Å²) in [5, 5.41) is 16.3. The zero-order valence-corrected chi connectivity index (χ0v) is 12.6. The third-order valence-corrected chi connectivity index (χ3v) is 3.28. The lowest BCUT2D eigenvalue weighted by atomic mass is 10.1. The van der Waals surface area contributed by atoms with Crippen LogP contribution in [0.25, 0.3) is 0 Å². The molecule has 0 spiro atoms. The lowest BCUT2D eigenvalue weighted by molar-refractivity contribution is 0.318. The van der Waals surface area contributed by atoms with E-state index in [4.69, 9.17) is 10.9 Å². The van der Waals surface area contributed by atoms with Crippen LogP contribution in [0.5, 0.6) is 0 Å². The topological polar surface area (TPSA) is 79.7 Å². The van der Waals surface area contributed by atoms with Crippen molar-refractivity contribution in [2.45, 2.75) is 26.4 Å². The van der Waals surface area contributed by atoms with Gasteiger partial charge in [0.25, 0.3) is 0 Å². The van der Waals surface area contributed by atoms with Gasteiger partial charge in [0, 0.05) is 30.5 Å². The Morgan fingerprint density at radius 3 is 2.81 bits per heavy atom. The second kappa shape index (κ2) is 6.30. The van der Waals surface area contributed by atoms with E-state index in [-0.39, 0.29) is 5.84 Å². The molecule has 0 fully saturated rings. The molecule has 3 N–H and O–H groups in total. The van der Waals surface area contributed by atoms with Crippen LogP contribution in [0.15, 0.2) is 41.7 Å². The Balaban J connectivity index is 2.14. The molecule has 6 heteroatoms. The largest absolute Gasteiger partial charge is 0.409 e. The fourth-order valence-corrected chi connectivity index (χ4v) is 2.04. The Morgan fingerprint density at radius 1 is 1.43 bits per heavy atom. The number of benzene rings is 1. The van der Waals surface area contributed by atoms with E-state index in [0.717, 1.165) is 11.4 Å². The monoisotopic (exact) mass is 287 g/mol. The lowest BCUT2D eigenvalue weighted by Gasteiger charge is -2.18. The van der Waals surface area contributed by atoms with Crippen molar-refractivity contribution in [3.63, 3.8) is 0 Å². The Kier molecular flexibility index (Phi) is 4.47. The molecule has 0 atom stereocenters. The molecule has 112 valence electrons. The Bertz CT molecular complexity index is 632. The number of oxime groups is 1. The average Bonchev–Trinajstić information content (AvgIpc) is 2.95. The van der Waals surface area contributed by atoms with Crippen LogP contribution in [0.1, 0.15) is 31.1 Å². The average molecular weight is 287 g/mol. The molecule has 1 heterocycles. The van der Waals surface area contributed by atoms with Crippen molar-refractivity contribution in [3.8, 4) is 0 Å². The summed E-state index contributed by atoms with van der Waals surface area (Å²) in [7, 11) is 1.99. The van der Waals surface area contributed by atoms with Crippen LogP contribution in [-0.4, -0.2) is 27.9 Å². The van der Waals surface area contributed by atoms with Crippen LogP contribution in [0, 0.1) is 0 Å². The molecular formula is C15H21N5O. The summed E-state index contributed by atoms with van der Waals surface area (Å²) in [5.41, 5.74) is 8.29. The molecular weight excluding hydrogens is 266 g/mol. The van der Waals surface area contributed by atoms with Gasteiger partial charge in [0.2, 0.25) is 0 Å². The first kappa shape index (κ1) is 14.9. The van der Waals surface area contributed by atoms with Crippen molar-refractivity contribution in [3.05, 3.63) is 47.8 Å². The number of anilines is 1. The van der Waals surface area contributed by atoms with Gasteiger partial charge < -0.3 is 15.8 Å². The van der Waals surface area contributed by atoms with Crippen LogP contribution in [0.4, 0.5) is 5.69 Å². The molecule has 0 aliphatic heterocycles. The highest BCUT2D eigenvalue weighted by atomic mass is 16.4. The van der Waals surface area contributed by atoms with Crippen molar-refractivity contribution in [1.29, 1.82) is 0 Å². The van der Waals surface area contributed by atoms with Crippen molar-refractivity contribution < 1.29 is 5.21 Å². The van der Waals surface area contributed by atoms with E-state index < -0.39 is 0 Å². The van der Waals surface area contributed by atoms with E-state index in [1.807, 2.05) is 42.2 Å². The van der Waals surface area contributed by atoms with Crippen LogP contribution in [0.2, 0.25) is 0 Å². The summed E-state index contributed by atoms with van der Waals surface area (Å²) in [6, 6.07) is 9.92. The lowest BCUT2D eigenvalue weighted by Crippen LogP contribution is -2.19. The summed E-state index contributed by atoms with van der Waals surface area (Å²) in [6.07, 6.45) is 1.99. The van der Waals surface area contributed by atoms with Crippen molar-refractivity contribution in [2.75, 3.05) is 11.9 Å².